The van der Waals surface area contributed by atoms with Crippen LogP contribution in [0.3, 0.4) is 0 Å². The molecule has 3 nitrogen and oxygen atoms in total. The van der Waals surface area contributed by atoms with E-state index in [4.69, 9.17) is 0 Å². The summed E-state index contributed by atoms with van der Waals surface area (Å²) in [5.74, 6) is -1.53. The molecule has 0 aromatic rings. The van der Waals surface area contributed by atoms with Crippen LogP contribution < -0.4 is 0 Å². The van der Waals surface area contributed by atoms with Crippen LogP contribution in [0.2, 0.25) is 0 Å². The Morgan fingerprint density at radius 2 is 1.45 bits per heavy atom. The minimum atomic E-state index is -0.764. The number of hydrogen-bond donors (Lipinski definition) is 0. The molecule has 0 bridgehead atoms. The molecule has 0 unspecified atom stereocenters. The average molecular weight is 195 g/mol. The molecule has 0 aromatic carbocycles. The number of rotatable bonds is 2. The smallest absolute Gasteiger partial charge is 1.00 e. The molecule has 0 rings (SSSR count). The van der Waals surface area contributed by atoms with Crippen molar-refractivity contribution in [2.45, 2.75) is 0 Å². The van der Waals surface area contributed by atoms with E-state index >= 15 is 0 Å². The summed E-state index contributed by atoms with van der Waals surface area (Å²) in [5, 5.41) is 0. The number of carbonyl (C=O) groups excluding carboxylic acids is 2. The molecule has 56 valence electrons. The summed E-state index contributed by atoms with van der Waals surface area (Å²) in [6, 6.07) is 0. The number of carbonyl (C=O) groups is 2. The second kappa shape index (κ2) is 10.6. The van der Waals surface area contributed by atoms with E-state index in [9.17, 15) is 9.59 Å². The van der Waals surface area contributed by atoms with Gasteiger partial charge in [0.15, 0.2) is 0 Å². The fourth-order valence-corrected chi connectivity index (χ4v) is 0.182. The van der Waals surface area contributed by atoms with E-state index in [1.165, 1.54) is 0 Å². The topological polar surface area (TPSA) is 43.4 Å². The van der Waals surface area contributed by atoms with Crippen molar-refractivity contribution < 1.29 is 20.0 Å². The van der Waals surface area contributed by atoms with Gasteiger partial charge in [-0.3, -0.25) is 0 Å². The SMILES string of the molecule is C=CC(=O)OC(=O)C=C.[Ca+2].[H-].[H-].[H-].[H-].[Mg+2]. The molecule has 0 aliphatic carbocycles. The second-order valence-corrected chi connectivity index (χ2v) is 1.15. The summed E-state index contributed by atoms with van der Waals surface area (Å²) in [6.07, 6.45) is 1.81. The standard InChI is InChI=1S/C6H6O3.Ca.Mg.4H/c1-3-5(7)9-6(8)4-2;;;;;;/h3-4H,1-2H2;;;;;;/q;2*+2;4*-1. The molecule has 0 N–H and O–H groups in total. The zero-order chi connectivity index (χ0) is 7.28. The van der Waals surface area contributed by atoms with Crippen LogP contribution in [0.1, 0.15) is 5.71 Å². The van der Waals surface area contributed by atoms with Gasteiger partial charge in [0.2, 0.25) is 0 Å². The van der Waals surface area contributed by atoms with Gasteiger partial charge < -0.3 is 10.4 Å². The monoisotopic (exact) mass is 194 g/mol. The van der Waals surface area contributed by atoms with E-state index in [2.05, 4.69) is 17.9 Å². The van der Waals surface area contributed by atoms with Crippen LogP contribution in [0.5, 0.6) is 0 Å². The van der Waals surface area contributed by atoms with Gasteiger partial charge in [0.1, 0.15) is 0 Å². The van der Waals surface area contributed by atoms with Gasteiger partial charge in [-0.1, -0.05) is 13.2 Å². The molecular weight excluding hydrogens is 184 g/mol. The summed E-state index contributed by atoms with van der Waals surface area (Å²) >= 11 is 0. The maximum atomic E-state index is 10.2. The second-order valence-electron chi connectivity index (χ2n) is 1.15. The Morgan fingerprint density at radius 1 is 1.18 bits per heavy atom. The fraction of sp³-hybridized carbons (Fsp3) is 0. The number of esters is 2. The first-order valence-corrected chi connectivity index (χ1v) is 2.21. The molecule has 0 fully saturated rings. The van der Waals surface area contributed by atoms with Gasteiger partial charge in [0.25, 0.3) is 0 Å². The van der Waals surface area contributed by atoms with Crippen molar-refractivity contribution in [3.05, 3.63) is 25.3 Å². The predicted octanol–water partition coefficient (Wildman–Crippen LogP) is 0.117. The largest absolute Gasteiger partial charge is 2.00 e. The number of hydrogen-bond acceptors (Lipinski definition) is 3. The molecule has 0 aromatic heterocycles. The minimum absolute atomic E-state index is 0. The first kappa shape index (κ1) is 17.7. The van der Waals surface area contributed by atoms with Gasteiger partial charge in [0, 0.05) is 12.2 Å². The molecule has 0 amide bonds. The van der Waals surface area contributed by atoms with Crippen LogP contribution in [0.25, 0.3) is 0 Å². The van der Waals surface area contributed by atoms with Crippen molar-refractivity contribution in [1.82, 2.24) is 0 Å². The van der Waals surface area contributed by atoms with E-state index in [1.54, 1.807) is 0 Å². The van der Waals surface area contributed by atoms with Crippen molar-refractivity contribution in [2.24, 2.45) is 0 Å². The van der Waals surface area contributed by atoms with Crippen LogP contribution in [0.4, 0.5) is 0 Å². The molecule has 5 heteroatoms. The molecule has 11 heavy (non-hydrogen) atoms. The first-order chi connectivity index (χ1) is 4.20. The zero-order valence-corrected chi connectivity index (χ0v) is 9.83. The van der Waals surface area contributed by atoms with Crippen LogP contribution in [-0.2, 0) is 14.3 Å². The zero-order valence-electron chi connectivity index (χ0n) is 10.2. The van der Waals surface area contributed by atoms with Crippen LogP contribution >= 0.6 is 0 Å². The Balaban J connectivity index is -0.0000000213. The molecule has 0 saturated carbocycles. The van der Waals surface area contributed by atoms with E-state index in [0.717, 1.165) is 12.2 Å². The molecule has 0 aliphatic rings. The Hall–Kier alpha value is 0.646. The van der Waals surface area contributed by atoms with Gasteiger partial charge in [-0.05, 0) is 0 Å². The maximum Gasteiger partial charge on any atom is 2.00 e. The van der Waals surface area contributed by atoms with Crippen molar-refractivity contribution in [2.75, 3.05) is 0 Å². The molecule has 0 saturated heterocycles. The molecule has 0 heterocycles. The minimum Gasteiger partial charge on any atom is -1.00 e. The summed E-state index contributed by atoms with van der Waals surface area (Å²) < 4.78 is 4.03. The third-order valence-corrected chi connectivity index (χ3v) is 0.535. The van der Waals surface area contributed by atoms with Crippen molar-refractivity contribution in [3.8, 4) is 0 Å². The summed E-state index contributed by atoms with van der Waals surface area (Å²) in [4.78, 5) is 20.3. The van der Waals surface area contributed by atoms with Gasteiger partial charge in [0.05, 0.1) is 0 Å². The molecular formula is C6H10CaMgO3. The van der Waals surface area contributed by atoms with E-state index in [0.29, 0.717) is 0 Å². The van der Waals surface area contributed by atoms with E-state index < -0.39 is 11.9 Å². The Bertz CT molecular complexity index is 162. The first-order valence-electron chi connectivity index (χ1n) is 2.21. The quantitative estimate of drug-likeness (QED) is 0.271. The van der Waals surface area contributed by atoms with Gasteiger partial charge in [-0.2, -0.15) is 0 Å². The maximum absolute atomic E-state index is 10.2. The third kappa shape index (κ3) is 10.6. The Labute approximate surface area is 117 Å². The molecule has 0 spiro atoms. The summed E-state index contributed by atoms with van der Waals surface area (Å²) in [7, 11) is 0. The molecule has 0 atom stereocenters. The van der Waals surface area contributed by atoms with Gasteiger partial charge >= 0.3 is 72.7 Å². The predicted molar refractivity (Wildman–Crippen MR) is 47.4 cm³/mol. The average Bonchev–Trinajstić information content (AvgIpc) is 1.87. The van der Waals surface area contributed by atoms with Crippen molar-refractivity contribution >= 4 is 72.7 Å². The van der Waals surface area contributed by atoms with Crippen molar-refractivity contribution in [1.29, 1.82) is 0 Å². The Morgan fingerprint density at radius 3 is 1.64 bits per heavy atom. The molecule has 0 aliphatic heterocycles. The fourth-order valence-electron chi connectivity index (χ4n) is 0.182. The van der Waals surface area contributed by atoms with Gasteiger partial charge in [-0.25, -0.2) is 9.59 Å². The molecule has 0 radical (unpaired) electrons. The van der Waals surface area contributed by atoms with E-state index in [1.807, 2.05) is 0 Å². The Kier molecular flexibility index (Phi) is 17.1. The normalized spacial score (nSPS) is 6.18. The number of ether oxygens (including phenoxy) is 1. The van der Waals surface area contributed by atoms with Crippen LogP contribution in [0, 0.1) is 0 Å². The third-order valence-electron chi connectivity index (χ3n) is 0.535. The van der Waals surface area contributed by atoms with Crippen LogP contribution in [0.15, 0.2) is 25.3 Å². The van der Waals surface area contributed by atoms with Gasteiger partial charge in [-0.15, -0.1) is 0 Å². The summed E-state index contributed by atoms with van der Waals surface area (Å²) in [6.45, 7) is 6.17. The van der Waals surface area contributed by atoms with E-state index in [-0.39, 0.29) is 66.5 Å². The summed E-state index contributed by atoms with van der Waals surface area (Å²) in [5.41, 5.74) is 0. The van der Waals surface area contributed by atoms with Crippen LogP contribution in [-0.4, -0.2) is 72.7 Å². The van der Waals surface area contributed by atoms with Crippen molar-refractivity contribution in [3.63, 3.8) is 0 Å².